The Bertz CT molecular complexity index is 1830. The quantitative estimate of drug-likeness (QED) is 0.0558. The SMILES string of the molecule is COC(=O)C(=O)O[C@H]([C@H](NC(C)=O)[C@@H](OCc1ccccc1)[C@H](O)P(=O)(OC)OC)[C@H](OCc1ccccc1)[C@H](COCc1ccccc1)OCc1ccccc1. The van der Waals surface area contributed by atoms with Crippen molar-refractivity contribution in [2.45, 2.75) is 69.7 Å². The van der Waals surface area contributed by atoms with Crippen molar-refractivity contribution in [2.24, 2.45) is 0 Å². The minimum atomic E-state index is -4.42. The molecule has 2 N–H and O–H groups in total. The molecule has 4 aromatic carbocycles. The maximum atomic E-state index is 13.9. The Labute approximate surface area is 332 Å². The minimum absolute atomic E-state index is 0.0347. The highest BCUT2D eigenvalue weighted by molar-refractivity contribution is 7.54. The Kier molecular flexibility index (Phi) is 18.5. The Morgan fingerprint density at radius 1 is 0.596 bits per heavy atom. The fourth-order valence-corrected chi connectivity index (χ4v) is 7.07. The molecule has 0 bridgehead atoms. The van der Waals surface area contributed by atoms with Gasteiger partial charge in [0.15, 0.2) is 11.9 Å². The van der Waals surface area contributed by atoms with Crippen LogP contribution in [0.25, 0.3) is 0 Å². The van der Waals surface area contributed by atoms with Crippen LogP contribution in [0.4, 0.5) is 0 Å². The van der Waals surface area contributed by atoms with Crippen LogP contribution in [-0.2, 0) is 82.8 Å². The molecule has 0 saturated carbocycles. The summed E-state index contributed by atoms with van der Waals surface area (Å²) < 4.78 is 60.5. The van der Waals surface area contributed by atoms with Gasteiger partial charge in [0.25, 0.3) is 0 Å². The van der Waals surface area contributed by atoms with E-state index in [1.807, 2.05) is 91.0 Å². The first-order valence-electron chi connectivity index (χ1n) is 18.1. The minimum Gasteiger partial charge on any atom is -0.461 e. The lowest BCUT2D eigenvalue weighted by atomic mass is 9.95. The number of benzene rings is 4. The highest BCUT2D eigenvalue weighted by atomic mass is 31.2. The van der Waals surface area contributed by atoms with Crippen LogP contribution in [0.15, 0.2) is 121 Å². The number of hydrogen-bond acceptors (Lipinski definition) is 13. The molecule has 0 fully saturated rings. The molecule has 0 aliphatic rings. The smallest absolute Gasteiger partial charge is 0.417 e. The van der Waals surface area contributed by atoms with Gasteiger partial charge in [-0.3, -0.25) is 9.36 Å². The summed E-state index contributed by atoms with van der Waals surface area (Å²) in [6, 6.07) is 34.9. The van der Waals surface area contributed by atoms with E-state index in [9.17, 15) is 24.1 Å². The monoisotopic (exact) mass is 807 g/mol. The van der Waals surface area contributed by atoms with E-state index in [0.717, 1.165) is 32.5 Å². The number of rotatable bonds is 23. The van der Waals surface area contributed by atoms with Crippen molar-refractivity contribution in [1.82, 2.24) is 5.32 Å². The standard InChI is InChI=1S/C42H50NO13P/c1-30(44)43-36(39(42(47)57(48,50-3)51-4)55-28-34-23-15-8-16-24-34)38(56-41(46)40(45)49-2)37(54-27-33-21-13-7-14-22-33)35(53-26-32-19-11-6-12-20-32)29-52-25-31-17-9-5-10-18-31/h5-24,35-39,42,47H,25-29H2,1-4H3,(H,43,44)/t35-,36-,37+,38+,39+,42+/m0/s1. The maximum Gasteiger partial charge on any atom is 0.417 e. The summed E-state index contributed by atoms with van der Waals surface area (Å²) in [4.78, 5) is 39.3. The molecule has 6 atom stereocenters. The molecule has 57 heavy (non-hydrogen) atoms. The molecule has 0 aromatic heterocycles. The zero-order chi connectivity index (χ0) is 41.0. The normalized spacial score (nSPS) is 14.7. The highest BCUT2D eigenvalue weighted by Crippen LogP contribution is 2.53. The number of methoxy groups -OCH3 is 1. The second-order valence-corrected chi connectivity index (χ2v) is 15.1. The molecule has 4 aromatic rings. The van der Waals surface area contributed by atoms with E-state index in [1.54, 1.807) is 30.3 Å². The molecule has 0 radical (unpaired) electrons. The predicted molar refractivity (Wildman–Crippen MR) is 208 cm³/mol. The average molecular weight is 808 g/mol. The van der Waals surface area contributed by atoms with Gasteiger partial charge in [0.05, 0.1) is 46.2 Å². The molecule has 0 saturated heterocycles. The van der Waals surface area contributed by atoms with Crippen molar-refractivity contribution >= 4 is 25.4 Å². The first-order valence-corrected chi connectivity index (χ1v) is 19.7. The van der Waals surface area contributed by atoms with Crippen LogP contribution in [0.5, 0.6) is 0 Å². The van der Waals surface area contributed by atoms with Gasteiger partial charge in [-0.05, 0) is 22.3 Å². The van der Waals surface area contributed by atoms with Crippen LogP contribution in [0, 0.1) is 0 Å². The topological polar surface area (TPSA) is 174 Å². The Morgan fingerprint density at radius 3 is 1.44 bits per heavy atom. The van der Waals surface area contributed by atoms with Crippen molar-refractivity contribution in [3.8, 4) is 0 Å². The van der Waals surface area contributed by atoms with Crippen molar-refractivity contribution < 1.29 is 61.5 Å². The van der Waals surface area contributed by atoms with Gasteiger partial charge in [0, 0.05) is 21.1 Å². The summed E-state index contributed by atoms with van der Waals surface area (Å²) in [5.41, 5.74) is 3.00. The molecular formula is C42H50NO13P. The van der Waals surface area contributed by atoms with Gasteiger partial charge < -0.3 is 47.9 Å². The zero-order valence-electron chi connectivity index (χ0n) is 32.3. The number of amides is 1. The van der Waals surface area contributed by atoms with Gasteiger partial charge in [-0.2, -0.15) is 0 Å². The summed E-state index contributed by atoms with van der Waals surface area (Å²) in [7, 11) is -1.26. The third kappa shape index (κ3) is 14.0. The average Bonchev–Trinajstić information content (AvgIpc) is 3.25. The predicted octanol–water partition coefficient (Wildman–Crippen LogP) is 5.35. The van der Waals surface area contributed by atoms with E-state index in [4.69, 9.17) is 37.5 Å². The van der Waals surface area contributed by atoms with E-state index >= 15 is 0 Å². The van der Waals surface area contributed by atoms with E-state index in [-0.39, 0.29) is 33.0 Å². The van der Waals surface area contributed by atoms with Crippen LogP contribution in [0.3, 0.4) is 0 Å². The number of esters is 2. The molecule has 4 rings (SSSR count). The lowest BCUT2D eigenvalue weighted by Gasteiger charge is -2.41. The molecule has 0 aliphatic heterocycles. The first-order chi connectivity index (χ1) is 27.6. The van der Waals surface area contributed by atoms with Crippen LogP contribution in [0.1, 0.15) is 29.2 Å². The van der Waals surface area contributed by atoms with E-state index in [2.05, 4.69) is 5.32 Å². The number of aliphatic hydroxyl groups is 1. The summed E-state index contributed by atoms with van der Waals surface area (Å²) >= 11 is 0. The van der Waals surface area contributed by atoms with E-state index < -0.39 is 61.7 Å². The van der Waals surface area contributed by atoms with Gasteiger partial charge in [-0.15, -0.1) is 0 Å². The Morgan fingerprint density at radius 2 is 1.02 bits per heavy atom. The molecule has 1 amide bonds. The Balaban J connectivity index is 1.89. The molecular weight excluding hydrogens is 757 g/mol. The third-order valence-electron chi connectivity index (χ3n) is 8.76. The van der Waals surface area contributed by atoms with Crippen molar-refractivity contribution in [1.29, 1.82) is 0 Å². The van der Waals surface area contributed by atoms with Gasteiger partial charge >= 0.3 is 19.5 Å². The van der Waals surface area contributed by atoms with Gasteiger partial charge in [0.2, 0.25) is 5.91 Å². The molecule has 0 spiro atoms. The number of aliphatic hydroxyl groups excluding tert-OH is 1. The lowest BCUT2D eigenvalue weighted by molar-refractivity contribution is -0.198. The highest BCUT2D eigenvalue weighted by Gasteiger charge is 2.51. The van der Waals surface area contributed by atoms with Crippen LogP contribution in [0.2, 0.25) is 0 Å². The number of ether oxygens (including phenoxy) is 6. The maximum absolute atomic E-state index is 13.9. The molecule has 0 aliphatic carbocycles. The Hall–Kier alpha value is -4.76. The van der Waals surface area contributed by atoms with Crippen molar-refractivity contribution in [2.75, 3.05) is 27.9 Å². The van der Waals surface area contributed by atoms with Crippen LogP contribution >= 0.6 is 7.60 Å². The molecule has 0 unspecified atom stereocenters. The van der Waals surface area contributed by atoms with Crippen molar-refractivity contribution in [3.05, 3.63) is 144 Å². The largest absolute Gasteiger partial charge is 0.461 e. The van der Waals surface area contributed by atoms with Gasteiger partial charge in [0.1, 0.15) is 18.3 Å². The summed E-state index contributed by atoms with van der Waals surface area (Å²) in [6.45, 7) is 0.950. The van der Waals surface area contributed by atoms with Gasteiger partial charge in [-0.1, -0.05) is 121 Å². The third-order valence-corrected chi connectivity index (χ3v) is 10.7. The van der Waals surface area contributed by atoms with E-state index in [1.165, 1.54) is 6.92 Å². The second kappa shape index (κ2) is 23.5. The van der Waals surface area contributed by atoms with E-state index in [0.29, 0.717) is 11.1 Å². The number of nitrogens with one attached hydrogen (secondary N) is 1. The molecule has 306 valence electrons. The van der Waals surface area contributed by atoms with Crippen LogP contribution in [-0.4, -0.2) is 87.2 Å². The summed E-state index contributed by atoms with van der Waals surface area (Å²) in [5, 5.41) is 14.6. The number of carbonyl (C=O) groups excluding carboxylic acids is 3. The van der Waals surface area contributed by atoms with Crippen molar-refractivity contribution in [3.63, 3.8) is 0 Å². The first kappa shape index (κ1) is 44.9. The fraction of sp³-hybridized carbons (Fsp3) is 0.357. The molecule has 15 heteroatoms. The number of carbonyl (C=O) groups is 3. The fourth-order valence-electron chi connectivity index (χ4n) is 5.86. The summed E-state index contributed by atoms with van der Waals surface area (Å²) in [6.07, 6.45) is -5.94. The summed E-state index contributed by atoms with van der Waals surface area (Å²) in [5.74, 6) is -5.60. The lowest BCUT2D eigenvalue weighted by Crippen LogP contribution is -2.62. The van der Waals surface area contributed by atoms with Crippen LogP contribution < -0.4 is 5.32 Å². The number of hydrogen-bond donors (Lipinski definition) is 2. The zero-order valence-corrected chi connectivity index (χ0v) is 33.2. The van der Waals surface area contributed by atoms with Gasteiger partial charge in [-0.25, -0.2) is 9.59 Å². The molecule has 14 nitrogen and oxygen atoms in total. The second-order valence-electron chi connectivity index (χ2n) is 12.8. The molecule has 0 heterocycles.